The van der Waals surface area contributed by atoms with E-state index in [0.29, 0.717) is 31.0 Å². The fourth-order valence-electron chi connectivity index (χ4n) is 3.16. The van der Waals surface area contributed by atoms with E-state index in [-0.39, 0.29) is 17.6 Å². The van der Waals surface area contributed by atoms with Crippen molar-refractivity contribution in [3.05, 3.63) is 42.1 Å². The molecule has 1 atom stereocenters. The van der Waals surface area contributed by atoms with Gasteiger partial charge in [0, 0.05) is 25.2 Å². The minimum absolute atomic E-state index is 0.104. The predicted molar refractivity (Wildman–Crippen MR) is 98.0 cm³/mol. The van der Waals surface area contributed by atoms with Crippen LogP contribution >= 0.6 is 0 Å². The first kappa shape index (κ1) is 18.6. The predicted octanol–water partition coefficient (Wildman–Crippen LogP) is 2.13. The fourth-order valence-corrected chi connectivity index (χ4v) is 4.37. The Bertz CT molecular complexity index is 848. The molecule has 2 aromatic rings. The molecule has 140 valence electrons. The first-order chi connectivity index (χ1) is 12.5. The SMILES string of the molecule is CCS(=O)(=O)N1CCCC(CNC(=O)c2cnoc2-c2ccccc2)C1. The van der Waals surface area contributed by atoms with E-state index in [1.807, 2.05) is 30.3 Å². The maximum atomic E-state index is 12.5. The molecule has 1 unspecified atom stereocenters. The summed E-state index contributed by atoms with van der Waals surface area (Å²) in [4.78, 5) is 12.5. The molecule has 26 heavy (non-hydrogen) atoms. The van der Waals surface area contributed by atoms with E-state index in [4.69, 9.17) is 4.52 Å². The third-order valence-corrected chi connectivity index (χ3v) is 6.49. The molecule has 1 aromatic carbocycles. The van der Waals surface area contributed by atoms with Gasteiger partial charge in [-0.3, -0.25) is 4.79 Å². The van der Waals surface area contributed by atoms with Gasteiger partial charge in [-0.1, -0.05) is 35.5 Å². The number of carbonyl (C=O) groups excluding carboxylic acids is 1. The number of nitrogens with zero attached hydrogens (tertiary/aromatic N) is 2. The molecule has 1 fully saturated rings. The molecule has 1 aromatic heterocycles. The number of rotatable bonds is 6. The van der Waals surface area contributed by atoms with E-state index < -0.39 is 10.0 Å². The molecule has 1 saturated heterocycles. The molecule has 1 aliphatic heterocycles. The van der Waals surface area contributed by atoms with Crippen molar-refractivity contribution in [2.75, 3.05) is 25.4 Å². The van der Waals surface area contributed by atoms with E-state index in [0.717, 1.165) is 18.4 Å². The summed E-state index contributed by atoms with van der Waals surface area (Å²) in [6.45, 7) is 3.09. The maximum Gasteiger partial charge on any atom is 0.256 e. The maximum absolute atomic E-state index is 12.5. The van der Waals surface area contributed by atoms with Gasteiger partial charge in [0.2, 0.25) is 10.0 Å². The summed E-state index contributed by atoms with van der Waals surface area (Å²) in [5.74, 6) is 0.379. The molecule has 1 aliphatic rings. The average Bonchev–Trinajstić information content (AvgIpc) is 3.17. The van der Waals surface area contributed by atoms with Crippen LogP contribution in [0.1, 0.15) is 30.1 Å². The van der Waals surface area contributed by atoms with Crippen molar-refractivity contribution < 1.29 is 17.7 Å². The first-order valence-corrected chi connectivity index (χ1v) is 10.4. The molecule has 2 heterocycles. The molecule has 0 aliphatic carbocycles. The molecule has 0 spiro atoms. The monoisotopic (exact) mass is 377 g/mol. The van der Waals surface area contributed by atoms with Crippen molar-refractivity contribution in [3.8, 4) is 11.3 Å². The largest absolute Gasteiger partial charge is 0.355 e. The van der Waals surface area contributed by atoms with Crippen LogP contribution < -0.4 is 5.32 Å². The number of hydrogen-bond donors (Lipinski definition) is 1. The fraction of sp³-hybridized carbons (Fsp3) is 0.444. The smallest absolute Gasteiger partial charge is 0.256 e. The molecule has 0 bridgehead atoms. The number of nitrogens with one attached hydrogen (secondary N) is 1. The quantitative estimate of drug-likeness (QED) is 0.832. The van der Waals surface area contributed by atoms with E-state index in [2.05, 4.69) is 10.5 Å². The third-order valence-electron chi connectivity index (χ3n) is 4.64. The number of sulfonamides is 1. The normalized spacial score (nSPS) is 18.6. The van der Waals surface area contributed by atoms with Crippen molar-refractivity contribution in [1.29, 1.82) is 0 Å². The van der Waals surface area contributed by atoms with E-state index in [9.17, 15) is 13.2 Å². The van der Waals surface area contributed by atoms with Gasteiger partial charge in [-0.05, 0) is 25.7 Å². The summed E-state index contributed by atoms with van der Waals surface area (Å²) < 4.78 is 30.9. The Labute approximate surface area is 153 Å². The Hall–Kier alpha value is -2.19. The second-order valence-electron chi connectivity index (χ2n) is 6.41. The highest BCUT2D eigenvalue weighted by molar-refractivity contribution is 7.89. The lowest BCUT2D eigenvalue weighted by molar-refractivity contribution is 0.0941. The standard InChI is InChI=1S/C18H23N3O4S/c1-2-26(23,24)21-10-6-7-14(13-21)11-19-18(22)16-12-20-25-17(16)15-8-4-3-5-9-15/h3-5,8-9,12,14H,2,6-7,10-11,13H2,1H3,(H,19,22). The Morgan fingerprint density at radius 2 is 2.12 bits per heavy atom. The minimum atomic E-state index is -3.18. The molecule has 1 amide bonds. The van der Waals surface area contributed by atoms with Crippen LogP contribution in [0.4, 0.5) is 0 Å². The lowest BCUT2D eigenvalue weighted by atomic mass is 9.99. The second-order valence-corrected chi connectivity index (χ2v) is 8.67. The van der Waals surface area contributed by atoms with Crippen LogP contribution in [0.25, 0.3) is 11.3 Å². The summed E-state index contributed by atoms with van der Waals surface area (Å²) in [5, 5.41) is 6.64. The van der Waals surface area contributed by atoms with E-state index >= 15 is 0 Å². The molecule has 8 heteroatoms. The van der Waals surface area contributed by atoms with Gasteiger partial charge in [0.1, 0.15) is 5.56 Å². The van der Waals surface area contributed by atoms with Gasteiger partial charge >= 0.3 is 0 Å². The molecule has 3 rings (SSSR count). The minimum Gasteiger partial charge on any atom is -0.355 e. The summed E-state index contributed by atoms with van der Waals surface area (Å²) in [5.41, 5.74) is 1.16. The Morgan fingerprint density at radius 3 is 2.85 bits per heavy atom. The zero-order valence-electron chi connectivity index (χ0n) is 14.7. The van der Waals surface area contributed by atoms with Crippen molar-refractivity contribution in [1.82, 2.24) is 14.8 Å². The highest BCUT2D eigenvalue weighted by atomic mass is 32.2. The molecule has 1 N–H and O–H groups in total. The summed E-state index contributed by atoms with van der Waals surface area (Å²) in [7, 11) is -3.18. The van der Waals surface area contributed by atoms with Crippen LogP contribution in [0.15, 0.2) is 41.1 Å². The highest BCUT2D eigenvalue weighted by Gasteiger charge is 2.28. The number of piperidine rings is 1. The average molecular weight is 377 g/mol. The highest BCUT2D eigenvalue weighted by Crippen LogP contribution is 2.23. The van der Waals surface area contributed by atoms with Crippen molar-refractivity contribution in [3.63, 3.8) is 0 Å². The number of carbonyl (C=O) groups is 1. The Morgan fingerprint density at radius 1 is 1.35 bits per heavy atom. The molecular formula is C18H23N3O4S. The number of amides is 1. The summed E-state index contributed by atoms with van der Waals surface area (Å²) in [6.07, 6.45) is 3.11. The van der Waals surface area contributed by atoms with Gasteiger partial charge in [-0.25, -0.2) is 12.7 Å². The van der Waals surface area contributed by atoms with Crippen LogP contribution in [-0.4, -0.2) is 49.2 Å². The number of aromatic nitrogens is 1. The van der Waals surface area contributed by atoms with Gasteiger partial charge in [0.05, 0.1) is 11.9 Å². The molecular weight excluding hydrogens is 354 g/mol. The Kier molecular flexibility index (Phi) is 5.73. The zero-order chi connectivity index (χ0) is 18.6. The van der Waals surface area contributed by atoms with Crippen molar-refractivity contribution in [2.45, 2.75) is 19.8 Å². The van der Waals surface area contributed by atoms with Gasteiger partial charge in [-0.2, -0.15) is 0 Å². The number of hydrogen-bond acceptors (Lipinski definition) is 5. The van der Waals surface area contributed by atoms with E-state index in [1.165, 1.54) is 10.5 Å². The van der Waals surface area contributed by atoms with Crippen LogP contribution in [0.5, 0.6) is 0 Å². The number of benzene rings is 1. The Balaban J connectivity index is 1.63. The lowest BCUT2D eigenvalue weighted by Crippen LogP contribution is -2.44. The third kappa shape index (κ3) is 4.13. The van der Waals surface area contributed by atoms with Gasteiger partial charge in [-0.15, -0.1) is 0 Å². The topological polar surface area (TPSA) is 92.5 Å². The van der Waals surface area contributed by atoms with Crippen molar-refractivity contribution >= 4 is 15.9 Å². The summed E-state index contributed by atoms with van der Waals surface area (Å²) in [6, 6.07) is 9.32. The van der Waals surface area contributed by atoms with Crippen LogP contribution in [0.2, 0.25) is 0 Å². The van der Waals surface area contributed by atoms with Crippen molar-refractivity contribution in [2.24, 2.45) is 5.92 Å². The molecule has 0 saturated carbocycles. The van der Waals surface area contributed by atoms with Crippen LogP contribution in [-0.2, 0) is 10.0 Å². The van der Waals surface area contributed by atoms with E-state index in [1.54, 1.807) is 6.92 Å². The van der Waals surface area contributed by atoms with Gasteiger partial charge in [0.15, 0.2) is 5.76 Å². The molecule has 7 nitrogen and oxygen atoms in total. The first-order valence-electron chi connectivity index (χ1n) is 8.77. The second kappa shape index (κ2) is 8.01. The van der Waals surface area contributed by atoms with Gasteiger partial charge in [0.25, 0.3) is 5.91 Å². The van der Waals surface area contributed by atoms with Crippen LogP contribution in [0, 0.1) is 5.92 Å². The lowest BCUT2D eigenvalue weighted by Gasteiger charge is -2.31. The summed E-state index contributed by atoms with van der Waals surface area (Å²) >= 11 is 0. The van der Waals surface area contributed by atoms with Gasteiger partial charge < -0.3 is 9.84 Å². The van der Waals surface area contributed by atoms with Crippen LogP contribution in [0.3, 0.4) is 0 Å². The molecule has 0 radical (unpaired) electrons. The zero-order valence-corrected chi connectivity index (χ0v) is 15.5.